The van der Waals surface area contributed by atoms with E-state index >= 15 is 0 Å². The van der Waals surface area contributed by atoms with E-state index in [-0.39, 0.29) is 0 Å². The van der Waals surface area contributed by atoms with E-state index in [2.05, 4.69) is 358 Å². The molecule has 436 valence electrons. The average Bonchev–Trinajstić information content (AvgIpc) is 1.55. The van der Waals surface area contributed by atoms with Crippen LogP contribution in [0.5, 0.6) is 0 Å². The zero-order valence-corrected chi connectivity index (χ0v) is 51.1. The van der Waals surface area contributed by atoms with Gasteiger partial charge >= 0.3 is 0 Å². The Morgan fingerprint density at radius 2 is 0.479 bits per heavy atom. The van der Waals surface area contributed by atoms with E-state index in [1.54, 1.807) is 0 Å². The molecule has 5 heterocycles. The predicted octanol–water partition coefficient (Wildman–Crippen LogP) is 24.1. The molecule has 0 atom stereocenters. The lowest BCUT2D eigenvalue weighted by atomic mass is 9.90. The summed E-state index contributed by atoms with van der Waals surface area (Å²) in [6.07, 6.45) is 0. The van der Waals surface area contributed by atoms with Gasteiger partial charge in [-0.15, -0.1) is 0 Å². The Morgan fingerprint density at radius 1 is 0.149 bits per heavy atom. The molecule has 0 amide bonds. The first-order chi connectivity index (χ1) is 46.6. The summed E-state index contributed by atoms with van der Waals surface area (Å²) < 4.78 is 9.75. The van der Waals surface area contributed by atoms with Crippen LogP contribution in [0.2, 0.25) is 0 Å². The second-order valence-electron chi connectivity index (χ2n) is 25.2. The third-order valence-electron chi connectivity index (χ3n) is 20.1. The van der Waals surface area contributed by atoms with Gasteiger partial charge < -0.3 is 18.1 Å². The molecule has 20 aromatic rings. The van der Waals surface area contributed by atoms with Gasteiger partial charge in [-0.25, -0.2) is 0 Å². The topological polar surface area (TPSA) is 19.2 Å². The van der Waals surface area contributed by atoms with Gasteiger partial charge in [0.2, 0.25) is 0 Å². The van der Waals surface area contributed by atoms with E-state index in [4.69, 9.17) is 0 Å². The quantitative estimate of drug-likeness (QED) is 0.137. The van der Waals surface area contributed by atoms with Crippen LogP contribution < -0.4 is 0 Å². The Labute approximate surface area is 541 Å². The average molecular weight is 1190 g/mol. The van der Waals surface area contributed by atoms with Crippen LogP contribution in [-0.2, 0) is 0 Å². The van der Waals surface area contributed by atoms with Crippen molar-refractivity contribution in [3.63, 3.8) is 0 Å². The molecular formula is C90H56N4. The van der Waals surface area contributed by atoms with Crippen LogP contribution >= 0.6 is 0 Å². The normalized spacial score (nSPS) is 12.0. The summed E-state index contributed by atoms with van der Waals surface area (Å²) in [6.45, 7) is 0. The molecule has 0 aliphatic carbocycles. The van der Waals surface area contributed by atoms with Crippen molar-refractivity contribution in [2.75, 3.05) is 0 Å². The third kappa shape index (κ3) is 7.93. The molecule has 0 spiro atoms. The largest absolute Gasteiger partial charge is 0.309 e. The minimum atomic E-state index is 1.11. The zero-order valence-electron chi connectivity index (χ0n) is 51.1. The molecule has 4 nitrogen and oxygen atoms in total. The molecule has 0 bridgehead atoms. The minimum absolute atomic E-state index is 1.11. The van der Waals surface area contributed by atoms with Gasteiger partial charge in [0.15, 0.2) is 0 Å². The van der Waals surface area contributed by atoms with Crippen molar-refractivity contribution in [1.29, 1.82) is 0 Å². The van der Waals surface area contributed by atoms with Gasteiger partial charge in [-0.1, -0.05) is 218 Å². The van der Waals surface area contributed by atoms with Gasteiger partial charge in [0.1, 0.15) is 0 Å². The summed E-state index contributed by atoms with van der Waals surface area (Å²) in [5, 5.41) is 12.6. The number of nitrogens with zero attached hydrogens (tertiary/aromatic N) is 4. The summed E-state index contributed by atoms with van der Waals surface area (Å²) in [7, 11) is 0. The minimum Gasteiger partial charge on any atom is -0.309 e. The van der Waals surface area contributed by atoms with Crippen molar-refractivity contribution in [3.05, 3.63) is 340 Å². The van der Waals surface area contributed by atoms with Crippen molar-refractivity contribution in [2.24, 2.45) is 0 Å². The van der Waals surface area contributed by atoms with Crippen molar-refractivity contribution in [3.8, 4) is 83.8 Å². The zero-order chi connectivity index (χ0) is 61.5. The molecule has 0 saturated carbocycles. The van der Waals surface area contributed by atoms with Crippen molar-refractivity contribution in [2.45, 2.75) is 0 Å². The Kier molecular flexibility index (Phi) is 11.4. The predicted molar refractivity (Wildman–Crippen MR) is 397 cm³/mol. The molecule has 20 rings (SSSR count). The number of hydrogen-bond donors (Lipinski definition) is 0. The van der Waals surface area contributed by atoms with Crippen molar-refractivity contribution >= 4 is 104 Å². The second-order valence-corrected chi connectivity index (χ2v) is 25.2. The molecule has 15 aromatic carbocycles. The molecule has 0 unspecified atom stereocenters. The van der Waals surface area contributed by atoms with Crippen LogP contribution in [0.25, 0.3) is 187 Å². The van der Waals surface area contributed by atoms with Gasteiger partial charge in [-0.2, -0.15) is 0 Å². The maximum atomic E-state index is 2.46. The molecule has 94 heavy (non-hydrogen) atoms. The van der Waals surface area contributed by atoms with Crippen LogP contribution in [0.1, 0.15) is 0 Å². The summed E-state index contributed by atoms with van der Waals surface area (Å²) >= 11 is 0. The van der Waals surface area contributed by atoms with Gasteiger partial charge in [-0.3, -0.25) is 0 Å². The lowest BCUT2D eigenvalue weighted by Gasteiger charge is -2.16. The summed E-state index contributed by atoms with van der Waals surface area (Å²) in [5.41, 5.74) is 28.5. The Hall–Kier alpha value is -12.5. The summed E-state index contributed by atoms with van der Waals surface area (Å²) in [5.74, 6) is 0. The smallest absolute Gasteiger partial charge is 0.0620 e. The lowest BCUT2D eigenvalue weighted by molar-refractivity contribution is 1.17. The van der Waals surface area contributed by atoms with Crippen LogP contribution in [0.3, 0.4) is 0 Å². The Balaban J connectivity index is 0.661. The number of para-hydroxylation sites is 6. The molecule has 0 fully saturated rings. The molecule has 0 radical (unpaired) electrons. The Bertz CT molecular complexity index is 6470. The van der Waals surface area contributed by atoms with Gasteiger partial charge in [0.05, 0.1) is 49.7 Å². The summed E-state index contributed by atoms with van der Waals surface area (Å²) in [6, 6.07) is 126. The molecular weight excluding hydrogens is 1140 g/mol. The highest BCUT2D eigenvalue weighted by atomic mass is 15.0. The van der Waals surface area contributed by atoms with E-state index in [9.17, 15) is 0 Å². The SMILES string of the molecule is c1ccc(-c2ccc(-c3cccc(-c4cccc(-c5ccc6c(c5)c5cccc7c8ccccc8n6c75)c4)c3)cc2-c2cccc(-n3c4ccccc4c4cc(-n5c6ccccc6c6cc(-c7ccc8c(c7)c7ccccc7n8-c7ccccc7)ccc65)ccc43)c2)cc1. The fourth-order valence-electron chi connectivity index (χ4n) is 15.8. The Morgan fingerprint density at radius 3 is 1.05 bits per heavy atom. The number of aromatic nitrogens is 4. The highest BCUT2D eigenvalue weighted by molar-refractivity contribution is 6.24. The maximum Gasteiger partial charge on any atom is 0.0620 e. The maximum absolute atomic E-state index is 2.46. The highest BCUT2D eigenvalue weighted by Gasteiger charge is 2.22. The van der Waals surface area contributed by atoms with E-state index in [1.807, 2.05) is 0 Å². The number of benzene rings is 15. The molecule has 0 aliphatic heterocycles. The molecule has 4 heteroatoms. The number of fused-ring (bicyclic) bond motifs is 15. The van der Waals surface area contributed by atoms with Crippen LogP contribution in [-0.4, -0.2) is 18.1 Å². The molecule has 0 saturated heterocycles. The highest BCUT2D eigenvalue weighted by Crippen LogP contribution is 2.45. The van der Waals surface area contributed by atoms with Crippen molar-refractivity contribution < 1.29 is 0 Å². The van der Waals surface area contributed by atoms with Gasteiger partial charge in [-0.05, 0) is 188 Å². The number of rotatable bonds is 9. The third-order valence-corrected chi connectivity index (χ3v) is 20.1. The first-order valence-corrected chi connectivity index (χ1v) is 32.5. The van der Waals surface area contributed by atoms with Crippen LogP contribution in [0.15, 0.2) is 340 Å². The van der Waals surface area contributed by atoms with E-state index in [0.717, 1.165) is 33.7 Å². The molecule has 0 N–H and O–H groups in total. The first-order valence-electron chi connectivity index (χ1n) is 32.5. The second kappa shape index (κ2) is 20.5. The standard InChI is InChI=1S/C90H56N4/c1-3-19-57(20-4-1)70-44-39-62(60-23-15-21-58(49-60)59-22-16-24-61(50-59)63-42-47-89-80(55-63)76-34-18-33-75-71-29-7-14-38-85(71)94(89)90(75)76)52-77(70)66-25-17-28-68(51-66)92-84-37-13-10-32-74(84)81-56-69(43-48-88(81)92)93-83-36-12-9-31-73(83)79-54-65(41-46-87(79)93)64-40-45-86-78(53-64)72-30-8-11-35-82(72)91(86)67-26-5-2-6-27-67/h1-56H. The van der Waals surface area contributed by atoms with Gasteiger partial charge in [0.25, 0.3) is 0 Å². The van der Waals surface area contributed by atoms with E-state index in [0.29, 0.717) is 0 Å². The fourth-order valence-corrected chi connectivity index (χ4v) is 15.8. The first kappa shape index (κ1) is 52.3. The number of hydrogen-bond acceptors (Lipinski definition) is 0. The summed E-state index contributed by atoms with van der Waals surface area (Å²) in [4.78, 5) is 0. The van der Waals surface area contributed by atoms with Gasteiger partial charge in [0, 0.05) is 70.9 Å². The van der Waals surface area contributed by atoms with Crippen molar-refractivity contribution in [1.82, 2.24) is 18.1 Å². The van der Waals surface area contributed by atoms with Crippen LogP contribution in [0.4, 0.5) is 0 Å². The van der Waals surface area contributed by atoms with E-state index < -0.39 is 0 Å². The molecule has 0 aliphatic rings. The fraction of sp³-hybridized carbons (Fsp3) is 0. The molecule has 5 aromatic heterocycles. The van der Waals surface area contributed by atoms with E-state index in [1.165, 1.54) is 154 Å². The lowest BCUT2D eigenvalue weighted by Crippen LogP contribution is -1.96. The monoisotopic (exact) mass is 1190 g/mol. The van der Waals surface area contributed by atoms with Crippen LogP contribution in [0, 0.1) is 0 Å².